The first-order valence-corrected chi connectivity index (χ1v) is 9.97. The average molecular weight is 443 g/mol. The Morgan fingerprint density at radius 1 is 1.03 bits per heavy atom. The van der Waals surface area contributed by atoms with Gasteiger partial charge in [0.25, 0.3) is 5.56 Å². The van der Waals surface area contributed by atoms with Crippen LogP contribution >= 0.6 is 11.6 Å². The summed E-state index contributed by atoms with van der Waals surface area (Å²) >= 11 is 6.18. The van der Waals surface area contributed by atoms with E-state index < -0.39 is 23.8 Å². The SMILES string of the molecule is O=C(Cn1c(=O)ccn(Cc2ccccc2)c1=O)OCc1cc(Cl)c2c(c1)OCCO2. The third-order valence-electron chi connectivity index (χ3n) is 4.68. The van der Waals surface area contributed by atoms with E-state index in [1.807, 2.05) is 30.3 Å². The Morgan fingerprint density at radius 3 is 2.61 bits per heavy atom. The smallest absolute Gasteiger partial charge is 0.331 e. The third-order valence-corrected chi connectivity index (χ3v) is 4.96. The number of ether oxygens (including phenoxy) is 3. The molecule has 160 valence electrons. The lowest BCUT2D eigenvalue weighted by molar-refractivity contribution is -0.145. The first kappa shape index (κ1) is 20.7. The summed E-state index contributed by atoms with van der Waals surface area (Å²) in [6, 6.07) is 13.9. The molecule has 0 fully saturated rings. The van der Waals surface area contributed by atoms with Gasteiger partial charge in [0, 0.05) is 12.3 Å². The molecule has 4 rings (SSSR count). The van der Waals surface area contributed by atoms with Gasteiger partial charge in [-0.2, -0.15) is 0 Å². The average Bonchev–Trinajstić information content (AvgIpc) is 2.78. The normalized spacial score (nSPS) is 12.4. The van der Waals surface area contributed by atoms with Crippen molar-refractivity contribution in [1.29, 1.82) is 0 Å². The Morgan fingerprint density at radius 2 is 1.81 bits per heavy atom. The summed E-state index contributed by atoms with van der Waals surface area (Å²) < 4.78 is 18.4. The number of esters is 1. The van der Waals surface area contributed by atoms with Crippen molar-refractivity contribution in [2.45, 2.75) is 19.7 Å². The molecule has 1 aliphatic rings. The van der Waals surface area contributed by atoms with Crippen LogP contribution in [0.2, 0.25) is 5.02 Å². The third kappa shape index (κ3) is 4.80. The summed E-state index contributed by atoms with van der Waals surface area (Å²) in [5, 5.41) is 0.353. The van der Waals surface area contributed by atoms with Crippen LogP contribution in [0.15, 0.2) is 64.3 Å². The van der Waals surface area contributed by atoms with Crippen molar-refractivity contribution in [3.63, 3.8) is 0 Å². The van der Waals surface area contributed by atoms with Gasteiger partial charge in [0.05, 0.1) is 11.6 Å². The lowest BCUT2D eigenvalue weighted by atomic mass is 10.2. The second-order valence-electron chi connectivity index (χ2n) is 6.90. The predicted octanol–water partition coefficient (Wildman–Crippen LogP) is 2.23. The van der Waals surface area contributed by atoms with Crippen LogP contribution in [0, 0.1) is 0 Å². The summed E-state index contributed by atoms with van der Waals surface area (Å²) in [5.41, 5.74) is 0.335. The van der Waals surface area contributed by atoms with Crippen molar-refractivity contribution >= 4 is 17.6 Å². The van der Waals surface area contributed by atoms with Gasteiger partial charge in [-0.3, -0.25) is 14.2 Å². The van der Waals surface area contributed by atoms with Crippen molar-refractivity contribution < 1.29 is 19.0 Å². The minimum atomic E-state index is -0.720. The lowest BCUT2D eigenvalue weighted by Crippen LogP contribution is -2.41. The highest BCUT2D eigenvalue weighted by Gasteiger charge is 2.18. The van der Waals surface area contributed by atoms with Gasteiger partial charge in [-0.05, 0) is 23.3 Å². The maximum absolute atomic E-state index is 12.7. The number of carbonyl (C=O) groups excluding carboxylic acids is 1. The summed E-state index contributed by atoms with van der Waals surface area (Å²) in [7, 11) is 0. The van der Waals surface area contributed by atoms with E-state index in [1.54, 1.807) is 12.1 Å². The summed E-state index contributed by atoms with van der Waals surface area (Å²) in [5.74, 6) is 0.216. The molecule has 0 atom stereocenters. The van der Waals surface area contributed by atoms with Crippen molar-refractivity contribution in [2.24, 2.45) is 0 Å². The molecule has 0 saturated carbocycles. The Hall–Kier alpha value is -3.52. The number of aromatic nitrogens is 2. The molecule has 9 heteroatoms. The fraction of sp³-hybridized carbons (Fsp3) is 0.227. The topological polar surface area (TPSA) is 88.8 Å². The Balaban J connectivity index is 1.45. The molecule has 2 aromatic carbocycles. The van der Waals surface area contributed by atoms with Crippen LogP contribution in [0.4, 0.5) is 0 Å². The lowest BCUT2D eigenvalue weighted by Gasteiger charge is -2.20. The van der Waals surface area contributed by atoms with Crippen LogP contribution in [0.1, 0.15) is 11.1 Å². The van der Waals surface area contributed by atoms with E-state index in [0.717, 1.165) is 10.1 Å². The van der Waals surface area contributed by atoms with Crippen LogP contribution in [-0.4, -0.2) is 28.3 Å². The molecule has 1 aromatic heterocycles. The van der Waals surface area contributed by atoms with E-state index in [1.165, 1.54) is 16.8 Å². The van der Waals surface area contributed by atoms with E-state index in [0.29, 0.717) is 35.3 Å². The number of carbonyl (C=O) groups is 1. The van der Waals surface area contributed by atoms with Crippen LogP contribution in [0.25, 0.3) is 0 Å². The summed E-state index contributed by atoms with van der Waals surface area (Å²) in [6.07, 6.45) is 1.41. The number of hydrogen-bond acceptors (Lipinski definition) is 6. The maximum Gasteiger partial charge on any atom is 0.331 e. The Bertz CT molecular complexity index is 1220. The maximum atomic E-state index is 12.7. The summed E-state index contributed by atoms with van der Waals surface area (Å²) in [6.45, 7) is 0.513. The standard InChI is InChI=1S/C22H19ClN2O6/c23-17-10-16(11-18-21(17)30-9-8-29-18)14-31-20(27)13-25-19(26)6-7-24(22(25)28)12-15-4-2-1-3-5-15/h1-7,10-11H,8-9,12-14H2. The highest BCUT2D eigenvalue weighted by Crippen LogP contribution is 2.38. The zero-order valence-corrected chi connectivity index (χ0v) is 17.2. The molecule has 3 aromatic rings. The monoisotopic (exact) mass is 442 g/mol. The molecule has 1 aliphatic heterocycles. The fourth-order valence-electron chi connectivity index (χ4n) is 3.19. The van der Waals surface area contributed by atoms with E-state index in [-0.39, 0.29) is 13.2 Å². The number of fused-ring (bicyclic) bond motifs is 1. The Labute approximate surface area is 182 Å². The van der Waals surface area contributed by atoms with Crippen LogP contribution in [0.3, 0.4) is 0 Å². The van der Waals surface area contributed by atoms with E-state index in [2.05, 4.69) is 0 Å². The quantitative estimate of drug-likeness (QED) is 0.544. The molecule has 2 heterocycles. The highest BCUT2D eigenvalue weighted by atomic mass is 35.5. The van der Waals surface area contributed by atoms with E-state index in [9.17, 15) is 14.4 Å². The molecular formula is C22H19ClN2O6. The van der Waals surface area contributed by atoms with Gasteiger partial charge in [-0.1, -0.05) is 41.9 Å². The van der Waals surface area contributed by atoms with Gasteiger partial charge in [0.1, 0.15) is 26.4 Å². The van der Waals surface area contributed by atoms with Gasteiger partial charge < -0.3 is 14.2 Å². The second kappa shape index (κ2) is 9.09. The van der Waals surface area contributed by atoms with Gasteiger partial charge in [-0.15, -0.1) is 0 Å². The first-order chi connectivity index (χ1) is 15.0. The first-order valence-electron chi connectivity index (χ1n) is 9.59. The minimum Gasteiger partial charge on any atom is -0.486 e. The Kier molecular flexibility index (Phi) is 6.08. The number of benzene rings is 2. The van der Waals surface area contributed by atoms with Crippen molar-refractivity contribution in [1.82, 2.24) is 9.13 Å². The fourth-order valence-corrected chi connectivity index (χ4v) is 3.48. The molecule has 0 bridgehead atoms. The zero-order valence-electron chi connectivity index (χ0n) is 16.5. The zero-order chi connectivity index (χ0) is 21.8. The molecule has 0 unspecified atom stereocenters. The van der Waals surface area contributed by atoms with Crippen molar-refractivity contribution in [2.75, 3.05) is 13.2 Å². The molecule has 0 radical (unpaired) electrons. The molecular weight excluding hydrogens is 424 g/mol. The van der Waals surface area contributed by atoms with Crippen LogP contribution in [0.5, 0.6) is 11.5 Å². The molecule has 0 amide bonds. The van der Waals surface area contributed by atoms with Gasteiger partial charge in [-0.25, -0.2) is 9.36 Å². The number of hydrogen-bond donors (Lipinski definition) is 0. The van der Waals surface area contributed by atoms with E-state index in [4.69, 9.17) is 25.8 Å². The largest absolute Gasteiger partial charge is 0.486 e. The van der Waals surface area contributed by atoms with Gasteiger partial charge >= 0.3 is 11.7 Å². The van der Waals surface area contributed by atoms with Crippen LogP contribution in [-0.2, 0) is 29.2 Å². The molecule has 0 aliphatic carbocycles. The van der Waals surface area contributed by atoms with Gasteiger partial charge in [0.2, 0.25) is 0 Å². The molecule has 0 N–H and O–H groups in total. The van der Waals surface area contributed by atoms with Gasteiger partial charge in [0.15, 0.2) is 11.5 Å². The van der Waals surface area contributed by atoms with E-state index >= 15 is 0 Å². The molecule has 0 saturated heterocycles. The molecule has 0 spiro atoms. The highest BCUT2D eigenvalue weighted by molar-refractivity contribution is 6.32. The molecule has 31 heavy (non-hydrogen) atoms. The second-order valence-corrected chi connectivity index (χ2v) is 7.31. The summed E-state index contributed by atoms with van der Waals surface area (Å²) in [4.78, 5) is 37.1. The van der Waals surface area contributed by atoms with Crippen LogP contribution < -0.4 is 20.7 Å². The van der Waals surface area contributed by atoms with Crippen molar-refractivity contribution in [3.8, 4) is 11.5 Å². The van der Waals surface area contributed by atoms with Crippen molar-refractivity contribution in [3.05, 3.63) is 91.7 Å². The minimum absolute atomic E-state index is 0.0883. The number of rotatable bonds is 6. The molecule has 8 nitrogen and oxygen atoms in total. The predicted molar refractivity (Wildman–Crippen MR) is 113 cm³/mol. The number of nitrogens with zero attached hydrogens (tertiary/aromatic N) is 2. The number of halogens is 1.